The van der Waals surface area contributed by atoms with E-state index in [1.807, 2.05) is 0 Å². The number of nitrogens with two attached hydrogens (primary N) is 1. The third kappa shape index (κ3) is 4.23. The van der Waals surface area contributed by atoms with Crippen LogP contribution in [0.4, 0.5) is 4.39 Å². The minimum absolute atomic E-state index is 0.169. The lowest BCUT2D eigenvalue weighted by atomic mass is 10.0. The van der Waals surface area contributed by atoms with Crippen molar-refractivity contribution in [2.75, 3.05) is 26.4 Å². The summed E-state index contributed by atoms with van der Waals surface area (Å²) in [6, 6.07) is 5.92. The van der Waals surface area contributed by atoms with Crippen molar-refractivity contribution < 1.29 is 23.4 Å². The van der Waals surface area contributed by atoms with Gasteiger partial charge in [0.05, 0.1) is 26.2 Å². The lowest BCUT2D eigenvalue weighted by Gasteiger charge is -2.27. The van der Waals surface area contributed by atoms with Crippen LogP contribution in [-0.4, -0.2) is 32.3 Å². The predicted molar refractivity (Wildman–Crippen MR) is 73.8 cm³/mol. The molecule has 1 heterocycles. The van der Waals surface area contributed by atoms with E-state index in [1.165, 1.54) is 12.1 Å². The van der Waals surface area contributed by atoms with Gasteiger partial charge in [-0.15, -0.1) is 0 Å². The van der Waals surface area contributed by atoms with Gasteiger partial charge in [-0.1, -0.05) is 12.1 Å². The van der Waals surface area contributed by atoms with Crippen LogP contribution in [0.3, 0.4) is 0 Å². The van der Waals surface area contributed by atoms with Gasteiger partial charge in [-0.25, -0.2) is 4.39 Å². The summed E-state index contributed by atoms with van der Waals surface area (Å²) < 4.78 is 29.4. The SMILES string of the molecule is NCCCOC(=O)CCC1(c2ccc(F)cc2)OCCO1. The Hall–Kier alpha value is -1.50. The second kappa shape index (κ2) is 7.49. The van der Waals surface area contributed by atoms with E-state index in [4.69, 9.17) is 19.9 Å². The van der Waals surface area contributed by atoms with E-state index in [9.17, 15) is 9.18 Å². The Morgan fingerprint density at radius 3 is 2.57 bits per heavy atom. The number of hydrogen-bond acceptors (Lipinski definition) is 5. The highest BCUT2D eigenvalue weighted by molar-refractivity contribution is 5.69. The van der Waals surface area contributed by atoms with Crippen LogP contribution in [-0.2, 0) is 24.8 Å². The quantitative estimate of drug-likeness (QED) is 0.612. The van der Waals surface area contributed by atoms with E-state index in [1.54, 1.807) is 12.1 Å². The first-order valence-corrected chi connectivity index (χ1v) is 7.06. The molecular formula is C15H20FNO4. The zero-order valence-corrected chi connectivity index (χ0v) is 11.8. The second-order valence-electron chi connectivity index (χ2n) is 4.82. The number of rotatable bonds is 7. The lowest BCUT2D eigenvalue weighted by molar-refractivity contribution is -0.177. The molecule has 0 atom stereocenters. The maximum absolute atomic E-state index is 13.0. The summed E-state index contributed by atoms with van der Waals surface area (Å²) in [6.07, 6.45) is 1.14. The molecule has 1 aliphatic rings. The molecule has 1 aliphatic heterocycles. The highest BCUT2D eigenvalue weighted by Crippen LogP contribution is 2.36. The third-order valence-corrected chi connectivity index (χ3v) is 3.31. The van der Waals surface area contributed by atoms with Crippen molar-refractivity contribution in [2.24, 2.45) is 5.73 Å². The summed E-state index contributed by atoms with van der Waals surface area (Å²) in [7, 11) is 0. The molecule has 0 aliphatic carbocycles. The number of carbonyl (C=O) groups is 1. The Labute approximate surface area is 123 Å². The van der Waals surface area contributed by atoms with Crippen LogP contribution in [0.5, 0.6) is 0 Å². The number of carbonyl (C=O) groups excluding carboxylic acids is 1. The van der Waals surface area contributed by atoms with Gasteiger partial charge in [0.1, 0.15) is 5.82 Å². The van der Waals surface area contributed by atoms with Crippen molar-refractivity contribution in [1.82, 2.24) is 0 Å². The normalized spacial score (nSPS) is 16.9. The molecule has 0 saturated carbocycles. The van der Waals surface area contributed by atoms with Crippen molar-refractivity contribution in [3.8, 4) is 0 Å². The average molecular weight is 297 g/mol. The van der Waals surface area contributed by atoms with Crippen molar-refractivity contribution in [3.63, 3.8) is 0 Å². The molecule has 21 heavy (non-hydrogen) atoms. The van der Waals surface area contributed by atoms with Gasteiger partial charge in [0.2, 0.25) is 0 Å². The standard InChI is InChI=1S/C15H20FNO4/c16-13-4-2-12(3-5-13)15(20-10-11-21-15)7-6-14(18)19-9-1-8-17/h2-5H,1,6-11,17H2. The molecule has 5 nitrogen and oxygen atoms in total. The molecule has 0 unspecified atom stereocenters. The molecule has 2 rings (SSSR count). The molecule has 0 amide bonds. The fourth-order valence-electron chi connectivity index (χ4n) is 2.22. The maximum atomic E-state index is 13.0. The first-order valence-electron chi connectivity index (χ1n) is 7.06. The summed E-state index contributed by atoms with van der Waals surface area (Å²) in [4.78, 5) is 11.7. The Bertz CT molecular complexity index is 457. The molecular weight excluding hydrogens is 277 g/mol. The zero-order chi connectivity index (χ0) is 15.1. The number of ether oxygens (including phenoxy) is 3. The highest BCUT2D eigenvalue weighted by Gasteiger charge is 2.38. The Morgan fingerprint density at radius 2 is 1.95 bits per heavy atom. The summed E-state index contributed by atoms with van der Waals surface area (Å²) in [5.41, 5.74) is 6.04. The molecule has 1 fully saturated rings. The van der Waals surface area contributed by atoms with E-state index >= 15 is 0 Å². The summed E-state index contributed by atoms with van der Waals surface area (Å²) >= 11 is 0. The smallest absolute Gasteiger partial charge is 0.306 e. The van der Waals surface area contributed by atoms with Crippen LogP contribution in [0.2, 0.25) is 0 Å². The van der Waals surface area contributed by atoms with Gasteiger partial charge < -0.3 is 19.9 Å². The Morgan fingerprint density at radius 1 is 1.29 bits per heavy atom. The van der Waals surface area contributed by atoms with Crippen LogP contribution < -0.4 is 5.73 Å². The van der Waals surface area contributed by atoms with Crippen LogP contribution in [0.15, 0.2) is 24.3 Å². The topological polar surface area (TPSA) is 70.8 Å². The van der Waals surface area contributed by atoms with Gasteiger partial charge in [-0.2, -0.15) is 0 Å². The van der Waals surface area contributed by atoms with Gasteiger partial charge in [0, 0.05) is 12.0 Å². The highest BCUT2D eigenvalue weighted by atomic mass is 19.1. The molecule has 0 aromatic heterocycles. The van der Waals surface area contributed by atoms with Gasteiger partial charge >= 0.3 is 5.97 Å². The molecule has 1 aromatic rings. The predicted octanol–water partition coefficient (Wildman–Crippen LogP) is 1.70. The van der Waals surface area contributed by atoms with E-state index in [0.29, 0.717) is 44.8 Å². The molecule has 0 spiro atoms. The van der Waals surface area contributed by atoms with Gasteiger partial charge in [0.15, 0.2) is 5.79 Å². The largest absolute Gasteiger partial charge is 0.466 e. The minimum atomic E-state index is -0.986. The maximum Gasteiger partial charge on any atom is 0.306 e. The van der Waals surface area contributed by atoms with Crippen LogP contribution in [0.1, 0.15) is 24.8 Å². The molecule has 0 radical (unpaired) electrons. The summed E-state index contributed by atoms with van der Waals surface area (Å²) in [5.74, 6) is -1.63. The third-order valence-electron chi connectivity index (χ3n) is 3.31. The van der Waals surface area contributed by atoms with Crippen molar-refractivity contribution in [3.05, 3.63) is 35.6 Å². The monoisotopic (exact) mass is 297 g/mol. The summed E-state index contributed by atoms with van der Waals surface area (Å²) in [6.45, 7) is 1.69. The summed E-state index contributed by atoms with van der Waals surface area (Å²) in [5, 5.41) is 0. The number of halogens is 1. The van der Waals surface area contributed by atoms with Crippen LogP contribution >= 0.6 is 0 Å². The molecule has 6 heteroatoms. The number of benzene rings is 1. The second-order valence-corrected chi connectivity index (χ2v) is 4.82. The van der Waals surface area contributed by atoms with Crippen LogP contribution in [0.25, 0.3) is 0 Å². The minimum Gasteiger partial charge on any atom is -0.466 e. The number of hydrogen-bond donors (Lipinski definition) is 1. The van der Waals surface area contributed by atoms with E-state index < -0.39 is 5.79 Å². The fraction of sp³-hybridized carbons (Fsp3) is 0.533. The molecule has 0 bridgehead atoms. The van der Waals surface area contributed by atoms with Crippen molar-refractivity contribution in [2.45, 2.75) is 25.0 Å². The van der Waals surface area contributed by atoms with Crippen molar-refractivity contribution >= 4 is 5.97 Å². The Balaban J connectivity index is 1.96. The van der Waals surface area contributed by atoms with Gasteiger partial charge in [0.25, 0.3) is 0 Å². The number of esters is 1. The molecule has 1 saturated heterocycles. The van der Waals surface area contributed by atoms with E-state index in [2.05, 4.69) is 0 Å². The fourth-order valence-corrected chi connectivity index (χ4v) is 2.22. The van der Waals surface area contributed by atoms with Gasteiger partial charge in [-0.05, 0) is 25.1 Å². The molecule has 116 valence electrons. The lowest BCUT2D eigenvalue weighted by Crippen LogP contribution is -2.28. The van der Waals surface area contributed by atoms with Crippen molar-refractivity contribution in [1.29, 1.82) is 0 Å². The van der Waals surface area contributed by atoms with E-state index in [0.717, 1.165) is 0 Å². The molecule has 1 aromatic carbocycles. The van der Waals surface area contributed by atoms with Gasteiger partial charge in [-0.3, -0.25) is 4.79 Å². The first kappa shape index (κ1) is 15.9. The van der Waals surface area contributed by atoms with Crippen LogP contribution in [0, 0.1) is 5.82 Å². The van der Waals surface area contributed by atoms with E-state index in [-0.39, 0.29) is 18.2 Å². The first-order chi connectivity index (χ1) is 10.2. The zero-order valence-electron chi connectivity index (χ0n) is 11.8. The average Bonchev–Trinajstić information content (AvgIpc) is 2.96. The Kier molecular flexibility index (Phi) is 5.67. The molecule has 2 N–H and O–H groups in total.